The number of carbonyl (C=O) groups excluding carboxylic acids is 1. The third kappa shape index (κ3) is 35.3. The van der Waals surface area contributed by atoms with Crippen molar-refractivity contribution < 1.29 is 42.7 Å². The Bertz CT molecular complexity index is 498. The van der Waals surface area contributed by atoms with E-state index in [1.165, 1.54) is 0 Å². The number of carbonyl (C=O) groups is 1. The molecule has 0 saturated carbocycles. The second-order valence-corrected chi connectivity index (χ2v) is 9.57. The SMILES string of the molecule is CC.CCCCOCCOCCOCCN(CCOCCOCCOCCC)C(=O)CCOCCOCCC(C)C. The average molecular weight is 596 g/mol. The summed E-state index contributed by atoms with van der Waals surface area (Å²) >= 11 is 0. The van der Waals surface area contributed by atoms with Gasteiger partial charge in [0.15, 0.2) is 0 Å². The number of ether oxygens (including phenoxy) is 8. The van der Waals surface area contributed by atoms with Gasteiger partial charge in [0.2, 0.25) is 5.91 Å². The predicted molar refractivity (Wildman–Crippen MR) is 164 cm³/mol. The fourth-order valence-electron chi connectivity index (χ4n) is 3.14. The molecule has 0 fully saturated rings. The summed E-state index contributed by atoms with van der Waals surface area (Å²) < 4.78 is 44.3. The Labute approximate surface area is 252 Å². The molecule has 248 valence electrons. The van der Waals surface area contributed by atoms with E-state index < -0.39 is 0 Å². The summed E-state index contributed by atoms with van der Waals surface area (Å²) in [4.78, 5) is 14.6. The van der Waals surface area contributed by atoms with Gasteiger partial charge in [-0.25, -0.2) is 0 Å². The molecule has 0 unspecified atom stereocenters. The fourth-order valence-corrected chi connectivity index (χ4v) is 3.14. The Morgan fingerprint density at radius 2 is 0.902 bits per heavy atom. The third-order valence-electron chi connectivity index (χ3n) is 5.51. The van der Waals surface area contributed by atoms with Crippen molar-refractivity contribution in [3.63, 3.8) is 0 Å². The maximum Gasteiger partial charge on any atom is 0.225 e. The van der Waals surface area contributed by atoms with Crippen LogP contribution in [-0.4, -0.2) is 130 Å². The first-order chi connectivity index (χ1) is 20.1. The van der Waals surface area contributed by atoms with Crippen LogP contribution >= 0.6 is 0 Å². The van der Waals surface area contributed by atoms with Crippen molar-refractivity contribution in [2.24, 2.45) is 5.92 Å². The van der Waals surface area contributed by atoms with Gasteiger partial charge in [-0.1, -0.05) is 48.0 Å². The lowest BCUT2D eigenvalue weighted by Gasteiger charge is -2.23. The first kappa shape index (κ1) is 42.3. The van der Waals surface area contributed by atoms with E-state index in [1.54, 1.807) is 4.90 Å². The number of hydrogen-bond acceptors (Lipinski definition) is 9. The van der Waals surface area contributed by atoms with Crippen molar-refractivity contribution in [3.8, 4) is 0 Å². The minimum atomic E-state index is 0.0210. The van der Waals surface area contributed by atoms with Crippen LogP contribution in [0.3, 0.4) is 0 Å². The minimum Gasteiger partial charge on any atom is -0.379 e. The Kier molecular flexibility index (Phi) is 38.3. The van der Waals surface area contributed by atoms with Crippen molar-refractivity contribution in [1.82, 2.24) is 4.90 Å². The van der Waals surface area contributed by atoms with E-state index in [2.05, 4.69) is 27.7 Å². The molecule has 10 heteroatoms. The molecule has 41 heavy (non-hydrogen) atoms. The zero-order valence-electron chi connectivity index (χ0n) is 27.5. The standard InChI is InChI=1S/C29H59NO9.C2H6/c1-5-7-13-33-19-25-39-27-23-37-17-11-30(10-16-36-22-26-38-24-18-32-12-6-2)29(31)9-15-35-21-20-34-14-8-28(3)4;1-2/h28H,5-27H2,1-4H3;1-2H3. The minimum absolute atomic E-state index is 0.0210. The van der Waals surface area contributed by atoms with E-state index in [-0.39, 0.29) is 5.91 Å². The molecular formula is C31H65NO9. The second-order valence-electron chi connectivity index (χ2n) is 9.57. The first-order valence-corrected chi connectivity index (χ1v) is 16.0. The topological polar surface area (TPSA) is 94.2 Å². The molecule has 0 aliphatic rings. The van der Waals surface area contributed by atoms with E-state index in [0.717, 1.165) is 45.5 Å². The summed E-state index contributed by atoms with van der Waals surface area (Å²) in [5.41, 5.74) is 0. The predicted octanol–water partition coefficient (Wildman–Crippen LogP) is 4.62. The Morgan fingerprint density at radius 1 is 0.512 bits per heavy atom. The zero-order chi connectivity index (χ0) is 30.7. The van der Waals surface area contributed by atoms with E-state index in [1.807, 2.05) is 13.8 Å². The van der Waals surface area contributed by atoms with Gasteiger partial charge in [0.1, 0.15) is 0 Å². The summed E-state index contributed by atoms with van der Waals surface area (Å²) in [7, 11) is 0. The van der Waals surface area contributed by atoms with Crippen LogP contribution < -0.4 is 0 Å². The van der Waals surface area contributed by atoms with Crippen LogP contribution in [0.1, 0.15) is 73.6 Å². The van der Waals surface area contributed by atoms with Gasteiger partial charge in [0.25, 0.3) is 0 Å². The summed E-state index contributed by atoms with van der Waals surface area (Å²) in [5, 5.41) is 0. The van der Waals surface area contributed by atoms with E-state index in [0.29, 0.717) is 111 Å². The highest BCUT2D eigenvalue weighted by Crippen LogP contribution is 2.00. The van der Waals surface area contributed by atoms with E-state index in [4.69, 9.17) is 37.9 Å². The molecule has 0 aliphatic carbocycles. The van der Waals surface area contributed by atoms with Crippen molar-refractivity contribution in [2.45, 2.75) is 73.6 Å². The van der Waals surface area contributed by atoms with Crippen molar-refractivity contribution >= 4 is 5.91 Å². The molecule has 0 aromatic heterocycles. The fraction of sp³-hybridized carbons (Fsp3) is 0.968. The largest absolute Gasteiger partial charge is 0.379 e. The average Bonchev–Trinajstić information content (AvgIpc) is 2.97. The normalized spacial score (nSPS) is 11.1. The van der Waals surface area contributed by atoms with Gasteiger partial charge < -0.3 is 42.8 Å². The highest BCUT2D eigenvalue weighted by molar-refractivity contribution is 5.76. The van der Waals surface area contributed by atoms with Crippen molar-refractivity contribution in [3.05, 3.63) is 0 Å². The summed E-state index contributed by atoms with van der Waals surface area (Å²) in [6, 6.07) is 0. The molecule has 0 radical (unpaired) electrons. The van der Waals surface area contributed by atoms with Gasteiger partial charge in [0, 0.05) is 32.9 Å². The number of rotatable bonds is 32. The molecule has 0 aliphatic heterocycles. The van der Waals surface area contributed by atoms with Gasteiger partial charge >= 0.3 is 0 Å². The highest BCUT2D eigenvalue weighted by Gasteiger charge is 2.13. The second kappa shape index (κ2) is 37.2. The van der Waals surface area contributed by atoms with Crippen LogP contribution in [-0.2, 0) is 42.7 Å². The van der Waals surface area contributed by atoms with Gasteiger partial charge in [-0.05, 0) is 25.2 Å². The van der Waals surface area contributed by atoms with Gasteiger partial charge in [-0.3, -0.25) is 4.79 Å². The molecule has 0 rings (SSSR count). The molecule has 0 bridgehead atoms. The third-order valence-corrected chi connectivity index (χ3v) is 5.51. The number of hydrogen-bond donors (Lipinski definition) is 0. The van der Waals surface area contributed by atoms with E-state index >= 15 is 0 Å². The van der Waals surface area contributed by atoms with Crippen molar-refractivity contribution in [2.75, 3.05) is 119 Å². The first-order valence-electron chi connectivity index (χ1n) is 16.0. The highest BCUT2D eigenvalue weighted by atomic mass is 16.6. The lowest BCUT2D eigenvalue weighted by Crippen LogP contribution is -2.37. The molecule has 10 nitrogen and oxygen atoms in total. The molecule has 0 atom stereocenters. The smallest absolute Gasteiger partial charge is 0.225 e. The quantitative estimate of drug-likeness (QED) is 0.103. The van der Waals surface area contributed by atoms with Gasteiger partial charge in [0.05, 0.1) is 92.3 Å². The monoisotopic (exact) mass is 595 g/mol. The van der Waals surface area contributed by atoms with Crippen LogP contribution in [0, 0.1) is 5.92 Å². The number of unbranched alkanes of at least 4 members (excludes halogenated alkanes) is 1. The maximum atomic E-state index is 12.8. The van der Waals surface area contributed by atoms with Crippen LogP contribution in [0.15, 0.2) is 0 Å². The van der Waals surface area contributed by atoms with Gasteiger partial charge in [-0.2, -0.15) is 0 Å². The van der Waals surface area contributed by atoms with Crippen LogP contribution in [0.5, 0.6) is 0 Å². The Hall–Kier alpha value is -0.850. The molecular weight excluding hydrogens is 530 g/mol. The lowest BCUT2D eigenvalue weighted by molar-refractivity contribution is -0.134. The van der Waals surface area contributed by atoms with Crippen LogP contribution in [0.4, 0.5) is 0 Å². The molecule has 1 amide bonds. The molecule has 0 aromatic carbocycles. The maximum absolute atomic E-state index is 12.8. The Morgan fingerprint density at radius 3 is 1.34 bits per heavy atom. The van der Waals surface area contributed by atoms with Gasteiger partial charge in [-0.15, -0.1) is 0 Å². The molecule has 0 saturated heterocycles. The van der Waals surface area contributed by atoms with Crippen LogP contribution in [0.25, 0.3) is 0 Å². The van der Waals surface area contributed by atoms with E-state index in [9.17, 15) is 4.79 Å². The lowest BCUT2D eigenvalue weighted by atomic mass is 10.1. The molecule has 0 aromatic rings. The summed E-state index contributed by atoms with van der Waals surface area (Å²) in [6.07, 6.45) is 4.56. The summed E-state index contributed by atoms with van der Waals surface area (Å²) in [5.74, 6) is 0.648. The molecule has 0 N–H and O–H groups in total. The number of nitrogens with zero attached hydrogens (tertiary/aromatic N) is 1. The summed E-state index contributed by atoms with van der Waals surface area (Å²) in [6.45, 7) is 22.4. The Balaban J connectivity index is 0. The zero-order valence-corrected chi connectivity index (χ0v) is 27.5. The van der Waals surface area contributed by atoms with Crippen molar-refractivity contribution in [1.29, 1.82) is 0 Å². The number of amides is 1. The molecule has 0 spiro atoms. The van der Waals surface area contributed by atoms with Crippen LogP contribution in [0.2, 0.25) is 0 Å². The molecule has 0 heterocycles.